The van der Waals surface area contributed by atoms with Crippen LogP contribution in [0.4, 0.5) is 5.69 Å². The summed E-state index contributed by atoms with van der Waals surface area (Å²) in [4.78, 5) is 51.4. The second-order valence-corrected chi connectivity index (χ2v) is 9.90. The lowest BCUT2D eigenvalue weighted by Crippen LogP contribution is -2.35. The Morgan fingerprint density at radius 2 is 1.82 bits per heavy atom. The molecule has 1 amide bonds. The number of carbonyl (C=O) groups is 2. The second kappa shape index (κ2) is 9.61. The molecule has 34 heavy (non-hydrogen) atoms. The molecule has 1 unspecified atom stereocenters. The van der Waals surface area contributed by atoms with Gasteiger partial charge in [-0.3, -0.25) is 23.9 Å². The Labute approximate surface area is 195 Å². The van der Waals surface area contributed by atoms with Crippen LogP contribution in [0.5, 0.6) is 0 Å². The van der Waals surface area contributed by atoms with Crippen LogP contribution in [0.15, 0.2) is 56.9 Å². The molecule has 3 rings (SSSR count). The van der Waals surface area contributed by atoms with E-state index in [1.807, 2.05) is 0 Å². The molecule has 11 nitrogen and oxygen atoms in total. The average molecular weight is 489 g/mol. The molecule has 0 aliphatic heterocycles. The molecule has 2 aromatic carbocycles. The number of benzene rings is 2. The van der Waals surface area contributed by atoms with Crippen LogP contribution in [0.3, 0.4) is 0 Å². The topological polar surface area (TPSA) is 148 Å². The van der Waals surface area contributed by atoms with E-state index in [2.05, 4.69) is 10.3 Å². The fourth-order valence-electron chi connectivity index (χ4n) is 3.16. The number of nitrogens with one attached hydrogen (secondary N) is 2. The Hall–Kier alpha value is -3.77. The number of ether oxygens (including phenoxy) is 1. The van der Waals surface area contributed by atoms with Gasteiger partial charge in [0.25, 0.3) is 11.5 Å². The standard InChI is InChI=1S/C22H24N4O7S/c1-13-9-10-15(34(31,32)25(3)4)11-17(13)23-20(28)14(2)33-19(27)12-26-18-8-6-5-7-16(18)21(29)24-22(26)30/h5-11,14H,12H2,1-4H3,(H,23,28)(H,24,29,30). The normalized spacial score (nSPS) is 12.5. The van der Waals surface area contributed by atoms with Crippen molar-refractivity contribution in [3.05, 3.63) is 68.9 Å². The number of amides is 1. The van der Waals surface area contributed by atoms with Gasteiger partial charge >= 0.3 is 11.7 Å². The van der Waals surface area contributed by atoms with E-state index in [1.165, 1.54) is 45.3 Å². The number of rotatable bonds is 7. The van der Waals surface area contributed by atoms with E-state index in [4.69, 9.17) is 4.74 Å². The van der Waals surface area contributed by atoms with E-state index >= 15 is 0 Å². The molecule has 1 atom stereocenters. The van der Waals surface area contributed by atoms with Crippen LogP contribution in [0.2, 0.25) is 0 Å². The Kier molecular flexibility index (Phi) is 7.03. The van der Waals surface area contributed by atoms with Crippen molar-refractivity contribution in [2.45, 2.75) is 31.4 Å². The molecule has 0 aliphatic carbocycles. The van der Waals surface area contributed by atoms with Gasteiger partial charge < -0.3 is 10.1 Å². The number of sulfonamides is 1. The van der Waals surface area contributed by atoms with E-state index in [9.17, 15) is 27.6 Å². The molecule has 0 fully saturated rings. The van der Waals surface area contributed by atoms with Crippen molar-refractivity contribution in [2.75, 3.05) is 19.4 Å². The molecule has 3 aromatic rings. The zero-order valence-corrected chi connectivity index (χ0v) is 19.8. The van der Waals surface area contributed by atoms with Gasteiger partial charge in [0.1, 0.15) is 6.54 Å². The SMILES string of the molecule is Cc1ccc(S(=O)(=O)N(C)C)cc1NC(=O)C(C)OC(=O)Cn1c(=O)[nH]c(=O)c2ccccc21. The predicted octanol–water partition coefficient (Wildman–Crippen LogP) is 0.819. The van der Waals surface area contributed by atoms with Crippen molar-refractivity contribution < 1.29 is 22.7 Å². The van der Waals surface area contributed by atoms with Crippen LogP contribution in [0.25, 0.3) is 10.9 Å². The first-order valence-electron chi connectivity index (χ1n) is 10.2. The molecule has 0 radical (unpaired) electrons. The molecule has 180 valence electrons. The predicted molar refractivity (Wildman–Crippen MR) is 125 cm³/mol. The van der Waals surface area contributed by atoms with Gasteiger partial charge in [-0.25, -0.2) is 17.5 Å². The number of anilines is 1. The number of aromatic amines is 1. The average Bonchev–Trinajstić information content (AvgIpc) is 2.77. The van der Waals surface area contributed by atoms with Gasteiger partial charge in [-0.05, 0) is 43.7 Å². The Balaban J connectivity index is 1.75. The van der Waals surface area contributed by atoms with Crippen LogP contribution >= 0.6 is 0 Å². The highest BCUT2D eigenvalue weighted by Gasteiger charge is 2.22. The summed E-state index contributed by atoms with van der Waals surface area (Å²) in [6.07, 6.45) is -1.24. The van der Waals surface area contributed by atoms with Gasteiger partial charge in [-0.2, -0.15) is 0 Å². The number of hydrogen-bond donors (Lipinski definition) is 2. The lowest BCUT2D eigenvalue weighted by atomic mass is 10.2. The van der Waals surface area contributed by atoms with Crippen LogP contribution in [-0.4, -0.2) is 54.3 Å². The molecular weight excluding hydrogens is 464 g/mol. The summed E-state index contributed by atoms with van der Waals surface area (Å²) in [5.41, 5.74) is -0.256. The molecule has 0 spiro atoms. The quantitative estimate of drug-likeness (QED) is 0.468. The molecule has 12 heteroatoms. The number of aryl methyl sites for hydroxylation is 1. The number of H-pyrrole nitrogens is 1. The van der Waals surface area contributed by atoms with E-state index in [0.29, 0.717) is 5.56 Å². The third kappa shape index (κ3) is 5.07. The third-order valence-corrected chi connectivity index (χ3v) is 6.93. The van der Waals surface area contributed by atoms with E-state index < -0.39 is 45.8 Å². The maximum Gasteiger partial charge on any atom is 0.329 e. The van der Waals surface area contributed by atoms with Gasteiger partial charge in [0.15, 0.2) is 6.10 Å². The molecule has 0 saturated carbocycles. The highest BCUT2D eigenvalue weighted by atomic mass is 32.2. The molecule has 0 saturated heterocycles. The Morgan fingerprint density at radius 3 is 2.50 bits per heavy atom. The van der Waals surface area contributed by atoms with Gasteiger partial charge in [0.05, 0.1) is 15.8 Å². The summed E-state index contributed by atoms with van der Waals surface area (Å²) in [5.74, 6) is -1.56. The van der Waals surface area contributed by atoms with Crippen LogP contribution < -0.4 is 16.6 Å². The molecule has 1 heterocycles. The van der Waals surface area contributed by atoms with E-state index in [0.717, 1.165) is 8.87 Å². The summed E-state index contributed by atoms with van der Waals surface area (Å²) in [6, 6.07) is 10.6. The summed E-state index contributed by atoms with van der Waals surface area (Å²) in [6.45, 7) is 2.51. The van der Waals surface area contributed by atoms with E-state index in [1.54, 1.807) is 25.1 Å². The van der Waals surface area contributed by atoms with Crippen molar-refractivity contribution >= 4 is 38.5 Å². The maximum absolute atomic E-state index is 12.6. The maximum atomic E-state index is 12.6. The van der Waals surface area contributed by atoms with Gasteiger partial charge in [0, 0.05) is 19.8 Å². The number of para-hydroxylation sites is 1. The van der Waals surface area contributed by atoms with E-state index in [-0.39, 0.29) is 21.5 Å². The molecule has 2 N–H and O–H groups in total. The molecule has 0 bridgehead atoms. The number of carbonyl (C=O) groups excluding carboxylic acids is 2. The van der Waals surface area contributed by atoms with Crippen molar-refractivity contribution in [2.24, 2.45) is 0 Å². The minimum atomic E-state index is -3.71. The Bertz CT molecular complexity index is 1490. The van der Waals surface area contributed by atoms with Gasteiger partial charge in [0.2, 0.25) is 10.0 Å². The van der Waals surface area contributed by atoms with Gasteiger partial charge in [-0.1, -0.05) is 18.2 Å². The fraction of sp³-hybridized carbons (Fsp3) is 0.273. The van der Waals surface area contributed by atoms with Crippen LogP contribution in [0.1, 0.15) is 12.5 Å². The van der Waals surface area contributed by atoms with Crippen LogP contribution in [-0.2, 0) is 30.9 Å². The summed E-state index contributed by atoms with van der Waals surface area (Å²) >= 11 is 0. The first-order chi connectivity index (χ1) is 15.9. The lowest BCUT2D eigenvalue weighted by molar-refractivity contribution is -0.153. The third-order valence-electron chi connectivity index (χ3n) is 5.12. The first kappa shape index (κ1) is 24.9. The zero-order valence-electron chi connectivity index (χ0n) is 19.0. The van der Waals surface area contributed by atoms with Crippen molar-refractivity contribution in [1.82, 2.24) is 13.9 Å². The largest absolute Gasteiger partial charge is 0.451 e. The Morgan fingerprint density at radius 1 is 1.15 bits per heavy atom. The minimum absolute atomic E-state index is 0.00706. The number of nitrogens with zero attached hydrogens (tertiary/aromatic N) is 2. The first-order valence-corrected chi connectivity index (χ1v) is 11.6. The van der Waals surface area contributed by atoms with Gasteiger partial charge in [-0.15, -0.1) is 0 Å². The highest BCUT2D eigenvalue weighted by molar-refractivity contribution is 7.89. The molecule has 1 aromatic heterocycles. The number of aromatic nitrogens is 2. The van der Waals surface area contributed by atoms with Crippen LogP contribution in [0, 0.1) is 6.92 Å². The number of fused-ring (bicyclic) bond motifs is 1. The number of hydrogen-bond acceptors (Lipinski definition) is 7. The van der Waals surface area contributed by atoms with Crippen molar-refractivity contribution in [3.8, 4) is 0 Å². The molecular formula is C22H24N4O7S. The minimum Gasteiger partial charge on any atom is -0.451 e. The second-order valence-electron chi connectivity index (χ2n) is 7.75. The summed E-state index contributed by atoms with van der Waals surface area (Å²) in [5, 5.41) is 2.79. The number of esters is 1. The van der Waals surface area contributed by atoms with Crippen molar-refractivity contribution in [3.63, 3.8) is 0 Å². The fourth-order valence-corrected chi connectivity index (χ4v) is 4.09. The zero-order chi connectivity index (χ0) is 25.2. The summed E-state index contributed by atoms with van der Waals surface area (Å²) in [7, 11) is -0.922. The molecule has 0 aliphatic rings. The monoisotopic (exact) mass is 488 g/mol. The highest BCUT2D eigenvalue weighted by Crippen LogP contribution is 2.22. The smallest absolute Gasteiger partial charge is 0.329 e. The summed E-state index contributed by atoms with van der Waals surface area (Å²) < 4.78 is 32.0. The lowest BCUT2D eigenvalue weighted by Gasteiger charge is -2.17. The van der Waals surface area contributed by atoms with Crippen molar-refractivity contribution in [1.29, 1.82) is 0 Å².